The summed E-state index contributed by atoms with van der Waals surface area (Å²) in [5, 5.41) is -0.922. The van der Waals surface area contributed by atoms with Gasteiger partial charge in [0.2, 0.25) is 0 Å². The van der Waals surface area contributed by atoms with Gasteiger partial charge >= 0.3 is 0 Å². The summed E-state index contributed by atoms with van der Waals surface area (Å²) in [5.41, 5.74) is -2.08. The molecule has 3 aromatic heterocycles. The second-order valence-corrected chi connectivity index (χ2v) is 11.2. The van der Waals surface area contributed by atoms with Crippen molar-refractivity contribution >= 4 is 49.3 Å². The molecule has 0 N–H and O–H groups in total. The van der Waals surface area contributed by atoms with E-state index < -0.39 is 138 Å². The molecule has 0 aliphatic rings. The lowest BCUT2D eigenvalue weighted by molar-refractivity contribution is 1.06. The number of hydrogen-bond donors (Lipinski definition) is 0. The van der Waals surface area contributed by atoms with E-state index in [1.807, 2.05) is 0 Å². The number of nitrogens with zero attached hydrogens (tertiary/aromatic N) is 6. The van der Waals surface area contributed by atoms with Gasteiger partial charge in [-0.25, -0.2) is 19.8 Å². The third kappa shape index (κ3) is 4.61. The van der Waals surface area contributed by atoms with E-state index in [0.717, 1.165) is 0 Å². The highest BCUT2D eigenvalue weighted by Gasteiger charge is 2.21. The van der Waals surface area contributed by atoms with Crippen LogP contribution in [0.1, 0.15) is 27.4 Å². The van der Waals surface area contributed by atoms with Crippen LogP contribution in [0.4, 0.5) is 5.69 Å². The molecule has 6 heteroatoms. The maximum Gasteiger partial charge on any atom is 0.189 e. The molecule has 10 rings (SSSR count). The second kappa shape index (κ2) is 11.9. The van der Waals surface area contributed by atoms with E-state index in [1.54, 1.807) is 0 Å². The summed E-state index contributed by atoms with van der Waals surface area (Å²) in [6, 6.07) is -1.19. The normalized spacial score (nSPS) is 16.8. The fraction of sp³-hybridized carbons (Fsp3) is 0. The Morgan fingerprint density at radius 1 is 0.462 bits per heavy atom. The van der Waals surface area contributed by atoms with Crippen LogP contribution >= 0.6 is 0 Å². The van der Waals surface area contributed by atoms with Gasteiger partial charge in [0.25, 0.3) is 0 Å². The summed E-state index contributed by atoms with van der Waals surface area (Å²) in [4.78, 5) is 17.6. The lowest BCUT2D eigenvalue weighted by atomic mass is 10.1. The lowest BCUT2D eigenvalue weighted by Gasteiger charge is -2.16. The largest absolute Gasteiger partial charge is 0.310 e. The summed E-state index contributed by atoms with van der Waals surface area (Å²) in [5.74, 6) is -1.15. The predicted molar refractivity (Wildman–Crippen MR) is 211 cm³/mol. The van der Waals surface area contributed by atoms with Crippen molar-refractivity contribution in [1.29, 1.82) is 0 Å². The van der Waals surface area contributed by atoms with E-state index >= 15 is 0 Å². The lowest BCUT2D eigenvalue weighted by Crippen LogP contribution is -2.05. The monoisotopic (exact) mass is 684 g/mol. The van der Waals surface area contributed by atoms with E-state index in [0.29, 0.717) is 0 Å². The van der Waals surface area contributed by atoms with Gasteiger partial charge < -0.3 is 9.13 Å². The SMILES string of the molecule is [2H]c1c([2H])c([2H])c(-c2nc(-c3ccccc3-n3c4c([2H])c([2H])c([2H])c([2H])c4c4c([2H])c([2H])c([2H])c([2H])c43)nc(-c3ccccc3-n3c4c([2H])c([2H])c([2H])c([2H])c4c4c([2H])c([2H])c([N+]#[C-])c([2H])c43)n2)c([2H])c1[2H]. The zero-order valence-corrected chi connectivity index (χ0v) is 26.3. The Bertz CT molecular complexity index is 4090. The molecule has 0 unspecified atom stereocenters. The fourth-order valence-corrected chi connectivity index (χ4v) is 6.27. The van der Waals surface area contributed by atoms with Crippen LogP contribution in [0.25, 0.3) is 94.0 Å². The predicted octanol–water partition coefficient (Wildman–Crippen LogP) is 11.6. The van der Waals surface area contributed by atoms with Gasteiger partial charge in [-0.15, -0.1) is 0 Å². The Hall–Kier alpha value is -7.36. The standard InChI is InChI=1S/C46H28N6/c1-47-31-27-28-35-34-19-7-12-24-40(34)52(43(35)29-31)42-26-14-9-21-37(42)46-49-44(30-15-3-2-4-16-30)48-45(50-46)36-20-8-13-25-41(36)51-38-22-10-5-17-32(38)33-18-6-11-23-39(33)51/h2-29H/i2D,3D,4D,5D,6D,7D,10D,11D,12D,15D,16D,17D,18D,19D,22D,23D,24D,27D,28D,29D. The minimum atomic E-state index is -0.748. The topological polar surface area (TPSA) is 52.9 Å². The van der Waals surface area contributed by atoms with Crippen molar-refractivity contribution in [1.82, 2.24) is 24.1 Å². The highest BCUT2D eigenvalue weighted by molar-refractivity contribution is 6.11. The highest BCUT2D eigenvalue weighted by Crippen LogP contribution is 2.39. The van der Waals surface area contributed by atoms with Crippen molar-refractivity contribution in [2.75, 3.05) is 0 Å². The van der Waals surface area contributed by atoms with Crippen LogP contribution in [-0.4, -0.2) is 24.1 Å². The molecular formula is C46H28N6. The van der Waals surface area contributed by atoms with E-state index in [9.17, 15) is 1.37 Å². The molecule has 0 aliphatic heterocycles. The molecule has 0 amide bonds. The van der Waals surface area contributed by atoms with Crippen LogP contribution in [0, 0.1) is 6.57 Å². The molecule has 0 fully saturated rings. The van der Waals surface area contributed by atoms with Crippen molar-refractivity contribution < 1.29 is 27.4 Å². The number of hydrogen-bond acceptors (Lipinski definition) is 3. The Morgan fingerprint density at radius 2 is 0.904 bits per heavy atom. The zero-order valence-electron chi connectivity index (χ0n) is 46.3. The van der Waals surface area contributed by atoms with Gasteiger partial charge in [0, 0.05) is 45.1 Å². The summed E-state index contributed by atoms with van der Waals surface area (Å²) < 4.78 is 179. The first kappa shape index (κ1) is 15.7. The summed E-state index contributed by atoms with van der Waals surface area (Å²) in [6.45, 7) is 7.85. The molecule has 10 aromatic rings. The summed E-state index contributed by atoms with van der Waals surface area (Å²) in [7, 11) is 0. The molecule has 7 aromatic carbocycles. The molecule has 0 bridgehead atoms. The third-order valence-electron chi connectivity index (χ3n) is 8.42. The van der Waals surface area contributed by atoms with Crippen LogP contribution in [0.2, 0.25) is 0 Å². The highest BCUT2D eigenvalue weighted by atomic mass is 15.1. The van der Waals surface area contributed by atoms with Gasteiger partial charge in [0.1, 0.15) is 0 Å². The van der Waals surface area contributed by atoms with Gasteiger partial charge in [-0.1, -0.05) is 121 Å². The molecule has 0 saturated carbocycles. The number of aromatic nitrogens is 5. The zero-order chi connectivity index (χ0) is 52.0. The molecule has 0 radical (unpaired) electrons. The van der Waals surface area contributed by atoms with E-state index in [1.165, 1.54) is 57.7 Å². The van der Waals surface area contributed by atoms with Gasteiger partial charge in [-0.05, 0) is 48.4 Å². The second-order valence-electron chi connectivity index (χ2n) is 11.2. The van der Waals surface area contributed by atoms with Crippen LogP contribution < -0.4 is 0 Å². The Balaban J connectivity index is 1.38. The Morgan fingerprint density at radius 3 is 1.44 bits per heavy atom. The molecule has 242 valence electrons. The third-order valence-corrected chi connectivity index (χ3v) is 8.42. The van der Waals surface area contributed by atoms with Crippen molar-refractivity contribution in [3.8, 4) is 45.5 Å². The van der Waals surface area contributed by atoms with Crippen LogP contribution in [0.15, 0.2) is 169 Å². The van der Waals surface area contributed by atoms with Crippen LogP contribution in [-0.2, 0) is 0 Å². The first-order chi connectivity index (χ1) is 34.1. The van der Waals surface area contributed by atoms with Gasteiger partial charge in [-0.2, -0.15) is 0 Å². The van der Waals surface area contributed by atoms with Crippen molar-refractivity contribution in [2.45, 2.75) is 0 Å². The Labute approximate surface area is 327 Å². The number of benzene rings is 7. The quantitative estimate of drug-likeness (QED) is 0.170. The first-order valence-corrected chi connectivity index (χ1v) is 15.5. The van der Waals surface area contributed by atoms with Gasteiger partial charge in [-0.3, -0.25) is 0 Å². The maximum atomic E-state index is 9.25. The van der Waals surface area contributed by atoms with Crippen LogP contribution in [0.5, 0.6) is 0 Å². The molecule has 0 saturated heterocycles. The van der Waals surface area contributed by atoms with Gasteiger partial charge in [0.05, 0.1) is 60.5 Å². The number of para-hydroxylation sites is 5. The maximum absolute atomic E-state index is 9.25. The van der Waals surface area contributed by atoms with Gasteiger partial charge in [0.15, 0.2) is 23.2 Å². The molecule has 0 spiro atoms. The smallest absolute Gasteiger partial charge is 0.189 e. The number of fused-ring (bicyclic) bond motifs is 6. The van der Waals surface area contributed by atoms with E-state index in [4.69, 9.17) is 37.6 Å². The molecule has 52 heavy (non-hydrogen) atoms. The Kier molecular flexibility index (Phi) is 3.59. The van der Waals surface area contributed by atoms with Crippen LogP contribution in [0.3, 0.4) is 0 Å². The molecular weight excluding hydrogens is 637 g/mol. The van der Waals surface area contributed by atoms with E-state index in [2.05, 4.69) is 14.8 Å². The fourth-order valence-electron chi connectivity index (χ4n) is 6.27. The minimum absolute atomic E-state index is 0.00573. The average molecular weight is 685 g/mol. The van der Waals surface area contributed by atoms with E-state index in [-0.39, 0.29) is 77.8 Å². The summed E-state index contributed by atoms with van der Waals surface area (Å²) >= 11 is 0. The summed E-state index contributed by atoms with van der Waals surface area (Å²) in [6.07, 6.45) is 0. The molecule has 6 nitrogen and oxygen atoms in total. The van der Waals surface area contributed by atoms with Crippen molar-refractivity contribution in [3.63, 3.8) is 0 Å². The number of rotatable bonds is 5. The van der Waals surface area contributed by atoms with Crippen molar-refractivity contribution in [3.05, 3.63) is 181 Å². The molecule has 3 heterocycles. The van der Waals surface area contributed by atoms with Crippen molar-refractivity contribution in [2.24, 2.45) is 0 Å². The average Bonchev–Trinajstić information content (AvgIpc) is 3.93. The minimum Gasteiger partial charge on any atom is -0.310 e. The molecule has 0 aliphatic carbocycles. The first-order valence-electron chi connectivity index (χ1n) is 25.5. The molecule has 0 atom stereocenters.